The van der Waals surface area contributed by atoms with Crippen molar-refractivity contribution in [1.82, 2.24) is 0 Å². The van der Waals surface area contributed by atoms with Crippen LogP contribution in [-0.2, 0) is 6.61 Å². The van der Waals surface area contributed by atoms with Gasteiger partial charge in [0.2, 0.25) is 0 Å². The number of rotatable bonds is 6. The summed E-state index contributed by atoms with van der Waals surface area (Å²) in [5.74, 6) is 0.703. The van der Waals surface area contributed by atoms with Crippen LogP contribution in [0.4, 0.5) is 4.39 Å². The molecule has 0 aliphatic carbocycles. The fourth-order valence-electron chi connectivity index (χ4n) is 3.48. The van der Waals surface area contributed by atoms with E-state index in [1.165, 1.54) is 6.07 Å². The van der Waals surface area contributed by atoms with Crippen molar-refractivity contribution in [1.29, 1.82) is 5.26 Å². The predicted molar refractivity (Wildman–Crippen MR) is 121 cm³/mol. The lowest BCUT2D eigenvalue weighted by atomic mass is 10.0. The van der Waals surface area contributed by atoms with Gasteiger partial charge in [-0.25, -0.2) is 4.39 Å². The van der Waals surface area contributed by atoms with Crippen molar-refractivity contribution in [3.63, 3.8) is 0 Å². The van der Waals surface area contributed by atoms with Gasteiger partial charge in [0.1, 0.15) is 12.4 Å². The van der Waals surface area contributed by atoms with Crippen LogP contribution in [0.25, 0.3) is 22.4 Å². The number of nitriles is 1. The van der Waals surface area contributed by atoms with Crippen LogP contribution in [0, 0.1) is 17.1 Å². The highest BCUT2D eigenvalue weighted by Crippen LogP contribution is 2.31. The van der Waals surface area contributed by atoms with Crippen LogP contribution in [0.1, 0.15) is 16.7 Å². The molecule has 4 aromatic rings. The van der Waals surface area contributed by atoms with E-state index in [9.17, 15) is 9.65 Å². The van der Waals surface area contributed by atoms with Crippen molar-refractivity contribution in [2.24, 2.45) is 0 Å². The molecule has 4 aromatic carbocycles. The van der Waals surface area contributed by atoms with Crippen LogP contribution in [-0.4, -0.2) is 7.11 Å². The number of hydrogen-bond acceptors (Lipinski definition) is 3. The number of nitrogens with zero attached hydrogens (tertiary/aromatic N) is 1. The first-order valence-electron chi connectivity index (χ1n) is 9.84. The van der Waals surface area contributed by atoms with Gasteiger partial charge in [0.05, 0.1) is 18.8 Å². The van der Waals surface area contributed by atoms with E-state index in [-0.39, 0.29) is 11.1 Å². The van der Waals surface area contributed by atoms with Gasteiger partial charge < -0.3 is 9.47 Å². The quantitative estimate of drug-likeness (QED) is 0.265. The Morgan fingerprint density at radius 1 is 0.935 bits per heavy atom. The lowest BCUT2D eigenvalue weighted by Gasteiger charge is -2.13. The van der Waals surface area contributed by atoms with E-state index in [4.69, 9.17) is 9.47 Å². The van der Waals surface area contributed by atoms with Crippen LogP contribution < -0.4 is 9.47 Å². The Labute approximate surface area is 180 Å². The summed E-state index contributed by atoms with van der Waals surface area (Å²) >= 11 is 0. The fourth-order valence-corrected chi connectivity index (χ4v) is 3.48. The molecule has 152 valence electrons. The Bertz CT molecular complexity index is 1300. The number of ether oxygens (including phenoxy) is 2. The summed E-state index contributed by atoms with van der Waals surface area (Å²) in [6.07, 6.45) is 1.63. The summed E-state index contributed by atoms with van der Waals surface area (Å²) in [7, 11) is 1.57. The first kappa shape index (κ1) is 20.2. The van der Waals surface area contributed by atoms with Crippen molar-refractivity contribution in [2.75, 3.05) is 7.11 Å². The number of benzene rings is 4. The standard InChI is InChI=1S/C27H20FNO2/c1-30-27-16-19(15-22(17-29)24-11-4-5-12-25(24)28)13-14-26(27)31-18-21-9-6-8-20-7-2-3-10-23(20)21/h2-16H,18H2,1H3. The number of fused-ring (bicyclic) bond motifs is 1. The molecular formula is C27H20FNO2. The highest BCUT2D eigenvalue weighted by atomic mass is 19.1. The monoisotopic (exact) mass is 409 g/mol. The summed E-state index contributed by atoms with van der Waals surface area (Å²) in [6.45, 7) is 0.394. The van der Waals surface area contributed by atoms with E-state index in [1.54, 1.807) is 43.5 Å². The molecule has 0 aliphatic heterocycles. The average Bonchev–Trinajstić information content (AvgIpc) is 2.82. The normalized spacial score (nSPS) is 11.2. The number of hydrogen-bond donors (Lipinski definition) is 0. The first-order valence-corrected chi connectivity index (χ1v) is 9.84. The van der Waals surface area contributed by atoms with E-state index < -0.39 is 5.82 Å². The second kappa shape index (κ2) is 9.15. The van der Waals surface area contributed by atoms with Gasteiger partial charge in [-0.2, -0.15) is 5.26 Å². The van der Waals surface area contributed by atoms with Gasteiger partial charge in [0.25, 0.3) is 0 Å². The molecule has 0 spiro atoms. The molecule has 3 nitrogen and oxygen atoms in total. The van der Waals surface area contributed by atoms with Gasteiger partial charge in [0.15, 0.2) is 11.5 Å². The zero-order valence-electron chi connectivity index (χ0n) is 17.0. The maximum absolute atomic E-state index is 14.1. The maximum atomic E-state index is 14.1. The molecule has 4 rings (SSSR count). The third-order valence-electron chi connectivity index (χ3n) is 5.05. The summed E-state index contributed by atoms with van der Waals surface area (Å²) in [5, 5.41) is 11.8. The van der Waals surface area contributed by atoms with E-state index in [1.807, 2.05) is 30.3 Å². The molecule has 0 atom stereocenters. The average molecular weight is 409 g/mol. The second-order valence-electron chi connectivity index (χ2n) is 6.99. The lowest BCUT2D eigenvalue weighted by molar-refractivity contribution is 0.285. The molecule has 0 saturated heterocycles. The largest absolute Gasteiger partial charge is 0.493 e. The van der Waals surface area contributed by atoms with Gasteiger partial charge in [-0.3, -0.25) is 0 Å². The molecule has 4 heteroatoms. The molecule has 0 fully saturated rings. The minimum Gasteiger partial charge on any atom is -0.493 e. The second-order valence-corrected chi connectivity index (χ2v) is 6.99. The van der Waals surface area contributed by atoms with Crippen LogP contribution in [0.15, 0.2) is 84.9 Å². The van der Waals surface area contributed by atoms with Gasteiger partial charge >= 0.3 is 0 Å². The van der Waals surface area contributed by atoms with E-state index >= 15 is 0 Å². The minimum absolute atomic E-state index is 0.240. The third kappa shape index (κ3) is 4.41. The van der Waals surface area contributed by atoms with Gasteiger partial charge in [-0.05, 0) is 46.2 Å². The Morgan fingerprint density at radius 2 is 1.71 bits per heavy atom. The van der Waals surface area contributed by atoms with Crippen LogP contribution in [0.2, 0.25) is 0 Å². The molecule has 0 bridgehead atoms. The zero-order chi connectivity index (χ0) is 21.6. The van der Waals surface area contributed by atoms with Crippen LogP contribution in [0.3, 0.4) is 0 Å². The maximum Gasteiger partial charge on any atom is 0.161 e. The van der Waals surface area contributed by atoms with Crippen molar-refractivity contribution in [3.05, 3.63) is 107 Å². The number of allylic oxidation sites excluding steroid dienone is 1. The molecule has 0 N–H and O–H groups in total. The molecule has 0 unspecified atom stereocenters. The third-order valence-corrected chi connectivity index (χ3v) is 5.05. The molecule has 0 aliphatic rings. The molecule has 31 heavy (non-hydrogen) atoms. The first-order chi connectivity index (χ1) is 15.2. The van der Waals surface area contributed by atoms with E-state index in [0.717, 1.165) is 16.3 Å². The molecule has 0 amide bonds. The SMILES string of the molecule is COc1cc(C=C(C#N)c2ccccc2F)ccc1OCc1cccc2ccccc12. The zero-order valence-corrected chi connectivity index (χ0v) is 17.0. The topological polar surface area (TPSA) is 42.2 Å². The molecule has 0 saturated carbocycles. The van der Waals surface area contributed by atoms with Gasteiger partial charge in [0, 0.05) is 5.56 Å². The molecule has 0 aromatic heterocycles. The highest BCUT2D eigenvalue weighted by Gasteiger charge is 2.10. The summed E-state index contributed by atoms with van der Waals surface area (Å²) in [6, 6.07) is 28.0. The van der Waals surface area contributed by atoms with Crippen molar-refractivity contribution in [2.45, 2.75) is 6.61 Å². The highest BCUT2D eigenvalue weighted by molar-refractivity contribution is 5.90. The fraction of sp³-hybridized carbons (Fsp3) is 0.0741. The van der Waals surface area contributed by atoms with Gasteiger partial charge in [-0.1, -0.05) is 66.7 Å². The number of methoxy groups -OCH3 is 1. The van der Waals surface area contributed by atoms with Crippen molar-refractivity contribution >= 4 is 22.4 Å². The summed E-state index contributed by atoms with van der Waals surface area (Å²) in [5.41, 5.74) is 2.30. The Morgan fingerprint density at radius 3 is 2.52 bits per heavy atom. The predicted octanol–water partition coefficient (Wildman–Crippen LogP) is 6.63. The van der Waals surface area contributed by atoms with Crippen LogP contribution in [0.5, 0.6) is 11.5 Å². The van der Waals surface area contributed by atoms with E-state index in [0.29, 0.717) is 23.7 Å². The van der Waals surface area contributed by atoms with E-state index in [2.05, 4.69) is 24.3 Å². The number of halogens is 1. The Kier molecular flexibility index (Phi) is 5.96. The van der Waals surface area contributed by atoms with Gasteiger partial charge in [-0.15, -0.1) is 0 Å². The Balaban J connectivity index is 1.60. The summed E-state index contributed by atoms with van der Waals surface area (Å²) in [4.78, 5) is 0. The molecule has 0 radical (unpaired) electrons. The van der Waals surface area contributed by atoms with Crippen molar-refractivity contribution in [3.8, 4) is 17.6 Å². The van der Waals surface area contributed by atoms with Crippen molar-refractivity contribution < 1.29 is 13.9 Å². The minimum atomic E-state index is -0.433. The van der Waals surface area contributed by atoms with Crippen LogP contribution >= 0.6 is 0 Å². The lowest BCUT2D eigenvalue weighted by Crippen LogP contribution is -1.99. The summed E-state index contributed by atoms with van der Waals surface area (Å²) < 4.78 is 25.6. The smallest absolute Gasteiger partial charge is 0.161 e. The molecular weight excluding hydrogens is 389 g/mol. The Hall–Kier alpha value is -4.10. The molecule has 0 heterocycles.